The van der Waals surface area contributed by atoms with Gasteiger partial charge in [0, 0.05) is 24.7 Å². The number of carbonyl (C=O) groups excluding carboxylic acids is 1. The highest BCUT2D eigenvalue weighted by molar-refractivity contribution is 7.88. The summed E-state index contributed by atoms with van der Waals surface area (Å²) in [5.74, 6) is -0.156. The lowest BCUT2D eigenvalue weighted by Gasteiger charge is -2.19. The van der Waals surface area contributed by atoms with Crippen molar-refractivity contribution in [3.05, 3.63) is 29.3 Å². The molecule has 0 unspecified atom stereocenters. The largest absolute Gasteiger partial charge is 0.326 e. The van der Waals surface area contributed by atoms with Gasteiger partial charge in [0.25, 0.3) is 0 Å². The van der Waals surface area contributed by atoms with Gasteiger partial charge >= 0.3 is 0 Å². The van der Waals surface area contributed by atoms with Gasteiger partial charge in [0.05, 0.1) is 6.26 Å². The van der Waals surface area contributed by atoms with Crippen LogP contribution in [0.3, 0.4) is 0 Å². The topological polar surface area (TPSA) is 66.5 Å². The average Bonchev–Trinajstić information content (AvgIpc) is 3.16. The molecule has 1 aromatic carbocycles. The van der Waals surface area contributed by atoms with Crippen LogP contribution in [0.25, 0.3) is 0 Å². The first kappa shape index (κ1) is 16.0. The Morgan fingerprint density at radius 1 is 1.33 bits per heavy atom. The van der Waals surface area contributed by atoms with Gasteiger partial charge in [-0.3, -0.25) is 4.79 Å². The summed E-state index contributed by atoms with van der Waals surface area (Å²) in [6.07, 6.45) is 3.17. The zero-order valence-corrected chi connectivity index (χ0v) is 13.5. The van der Waals surface area contributed by atoms with E-state index in [0.29, 0.717) is 0 Å². The highest BCUT2D eigenvalue weighted by atomic mass is 32.2. The standard InChI is InChI=1S/C15H22N2O3S/c1-11-4-7-14(12(2)10-11)16-15(18)8-9-17(13-5-6-13)21(3,19)20/h4,7,10,13H,5-6,8-9H2,1-3H3,(H,16,18). The fourth-order valence-electron chi connectivity index (χ4n) is 2.36. The molecule has 1 fully saturated rings. The highest BCUT2D eigenvalue weighted by Gasteiger charge is 2.34. The molecule has 0 saturated heterocycles. The quantitative estimate of drug-likeness (QED) is 0.874. The molecule has 1 aliphatic carbocycles. The van der Waals surface area contributed by atoms with Gasteiger partial charge in [0.15, 0.2) is 0 Å². The van der Waals surface area contributed by atoms with Crippen LogP contribution < -0.4 is 5.32 Å². The summed E-state index contributed by atoms with van der Waals surface area (Å²) in [4.78, 5) is 12.0. The Bertz CT molecular complexity index is 636. The minimum absolute atomic E-state index is 0.0916. The lowest BCUT2D eigenvalue weighted by molar-refractivity contribution is -0.116. The van der Waals surface area contributed by atoms with E-state index in [0.717, 1.165) is 29.7 Å². The summed E-state index contributed by atoms with van der Waals surface area (Å²) in [7, 11) is -3.23. The number of hydrogen-bond donors (Lipinski definition) is 1. The molecule has 1 N–H and O–H groups in total. The summed E-state index contributed by atoms with van der Waals surface area (Å²) >= 11 is 0. The van der Waals surface area contributed by atoms with E-state index in [-0.39, 0.29) is 24.9 Å². The van der Waals surface area contributed by atoms with Crippen molar-refractivity contribution in [1.82, 2.24) is 4.31 Å². The third-order valence-electron chi connectivity index (χ3n) is 3.60. The molecule has 1 saturated carbocycles. The summed E-state index contributed by atoms with van der Waals surface area (Å²) < 4.78 is 24.8. The maximum Gasteiger partial charge on any atom is 0.225 e. The van der Waals surface area contributed by atoms with Gasteiger partial charge in [-0.2, -0.15) is 4.31 Å². The lowest BCUT2D eigenvalue weighted by Crippen LogP contribution is -2.34. The first-order chi connectivity index (χ1) is 9.77. The Morgan fingerprint density at radius 3 is 2.52 bits per heavy atom. The van der Waals surface area contributed by atoms with Gasteiger partial charge in [-0.25, -0.2) is 8.42 Å². The van der Waals surface area contributed by atoms with E-state index in [1.54, 1.807) is 0 Å². The van der Waals surface area contributed by atoms with Crippen molar-refractivity contribution in [3.8, 4) is 0 Å². The highest BCUT2D eigenvalue weighted by Crippen LogP contribution is 2.29. The van der Waals surface area contributed by atoms with Crippen LogP contribution in [0.5, 0.6) is 0 Å². The normalized spacial score (nSPS) is 15.2. The zero-order chi connectivity index (χ0) is 15.6. The number of amides is 1. The van der Waals surface area contributed by atoms with E-state index in [1.807, 2.05) is 32.0 Å². The summed E-state index contributed by atoms with van der Waals surface area (Å²) in [6.45, 7) is 4.19. The maximum absolute atomic E-state index is 12.0. The van der Waals surface area contributed by atoms with Gasteiger partial charge in [-0.15, -0.1) is 0 Å². The van der Waals surface area contributed by atoms with Crippen molar-refractivity contribution in [3.63, 3.8) is 0 Å². The van der Waals surface area contributed by atoms with Crippen molar-refractivity contribution < 1.29 is 13.2 Å². The monoisotopic (exact) mass is 310 g/mol. The van der Waals surface area contributed by atoms with E-state index < -0.39 is 10.0 Å². The number of benzene rings is 1. The number of aryl methyl sites for hydroxylation is 2. The second-order valence-corrected chi connectivity index (χ2v) is 7.66. The minimum Gasteiger partial charge on any atom is -0.326 e. The number of nitrogens with one attached hydrogen (secondary N) is 1. The lowest BCUT2D eigenvalue weighted by atomic mass is 10.1. The zero-order valence-electron chi connectivity index (χ0n) is 12.7. The van der Waals surface area contributed by atoms with Gasteiger partial charge in [-0.05, 0) is 38.3 Å². The molecule has 6 heteroatoms. The second kappa shape index (κ2) is 6.15. The van der Waals surface area contributed by atoms with Crippen LogP contribution in [0.4, 0.5) is 5.69 Å². The third kappa shape index (κ3) is 4.54. The second-order valence-electron chi connectivity index (χ2n) is 5.72. The van der Waals surface area contributed by atoms with Crippen LogP contribution in [-0.2, 0) is 14.8 Å². The van der Waals surface area contributed by atoms with Crippen molar-refractivity contribution in [2.45, 2.75) is 39.2 Å². The Kier molecular flexibility index (Phi) is 4.68. The van der Waals surface area contributed by atoms with Gasteiger partial charge < -0.3 is 5.32 Å². The van der Waals surface area contributed by atoms with Gasteiger partial charge in [0.2, 0.25) is 15.9 Å². The molecule has 0 radical (unpaired) electrons. The maximum atomic E-state index is 12.0. The molecule has 1 aromatic rings. The van der Waals surface area contributed by atoms with Crippen molar-refractivity contribution in [2.24, 2.45) is 0 Å². The molecule has 116 valence electrons. The molecule has 0 aliphatic heterocycles. The fourth-order valence-corrected chi connectivity index (χ4v) is 3.54. The smallest absolute Gasteiger partial charge is 0.225 e. The summed E-state index contributed by atoms with van der Waals surface area (Å²) in [5, 5.41) is 2.84. The van der Waals surface area contributed by atoms with Crippen LogP contribution >= 0.6 is 0 Å². The Balaban J connectivity index is 1.92. The molecule has 5 nitrogen and oxygen atoms in total. The Morgan fingerprint density at radius 2 is 2.00 bits per heavy atom. The third-order valence-corrected chi connectivity index (χ3v) is 4.93. The van der Waals surface area contributed by atoms with E-state index in [4.69, 9.17) is 0 Å². The average molecular weight is 310 g/mol. The van der Waals surface area contributed by atoms with Crippen LogP contribution in [0.2, 0.25) is 0 Å². The summed E-state index contributed by atoms with van der Waals surface area (Å²) in [6, 6.07) is 5.91. The molecule has 1 aliphatic rings. The Labute approximate surface area is 126 Å². The minimum atomic E-state index is -3.23. The van der Waals surface area contributed by atoms with Gasteiger partial charge in [0.1, 0.15) is 0 Å². The number of nitrogens with zero attached hydrogens (tertiary/aromatic N) is 1. The van der Waals surface area contributed by atoms with E-state index in [9.17, 15) is 13.2 Å². The first-order valence-electron chi connectivity index (χ1n) is 7.11. The van der Waals surface area contributed by atoms with E-state index >= 15 is 0 Å². The van der Waals surface area contributed by atoms with E-state index in [2.05, 4.69) is 5.32 Å². The summed E-state index contributed by atoms with van der Waals surface area (Å²) in [5.41, 5.74) is 2.93. The van der Waals surface area contributed by atoms with Gasteiger partial charge in [-0.1, -0.05) is 17.7 Å². The molecule has 1 amide bonds. The number of sulfonamides is 1. The van der Waals surface area contributed by atoms with Crippen LogP contribution in [-0.4, -0.2) is 37.5 Å². The van der Waals surface area contributed by atoms with Crippen LogP contribution in [0, 0.1) is 13.8 Å². The van der Waals surface area contributed by atoms with Crippen LogP contribution in [0.15, 0.2) is 18.2 Å². The molecule has 21 heavy (non-hydrogen) atoms. The number of rotatable bonds is 6. The van der Waals surface area contributed by atoms with Crippen molar-refractivity contribution >= 4 is 21.6 Å². The fraction of sp³-hybridized carbons (Fsp3) is 0.533. The molecule has 0 aromatic heterocycles. The molecular weight excluding hydrogens is 288 g/mol. The molecular formula is C15H22N2O3S. The molecule has 0 atom stereocenters. The number of hydrogen-bond acceptors (Lipinski definition) is 3. The van der Waals surface area contributed by atoms with E-state index in [1.165, 1.54) is 10.6 Å². The number of anilines is 1. The predicted octanol–water partition coefficient (Wildman–Crippen LogP) is 2.06. The predicted molar refractivity (Wildman–Crippen MR) is 83.7 cm³/mol. The molecule has 0 spiro atoms. The van der Waals surface area contributed by atoms with Crippen molar-refractivity contribution in [2.75, 3.05) is 18.1 Å². The van der Waals surface area contributed by atoms with Crippen molar-refractivity contribution in [1.29, 1.82) is 0 Å². The molecule has 0 heterocycles. The Hall–Kier alpha value is -1.40. The first-order valence-corrected chi connectivity index (χ1v) is 8.96. The SMILES string of the molecule is Cc1ccc(NC(=O)CCN(C2CC2)S(C)(=O)=O)c(C)c1. The number of carbonyl (C=O) groups is 1. The van der Waals surface area contributed by atoms with Crippen LogP contribution in [0.1, 0.15) is 30.4 Å². The molecule has 0 bridgehead atoms. The molecule has 2 rings (SSSR count).